The molecule has 20 heavy (non-hydrogen) atoms. The number of hydrogen-bond acceptors (Lipinski definition) is 1. The lowest BCUT2D eigenvalue weighted by Gasteiger charge is -2.21. The molecule has 0 aromatic heterocycles. The SMILES string of the molecule is CCNC(c1cc(F)cc(F)c1)c1cccc(C)c1Br. The predicted octanol–water partition coefficient (Wildman–Crippen LogP) is 4.73. The molecule has 0 aliphatic carbocycles. The van der Waals surface area contributed by atoms with Crippen LogP contribution >= 0.6 is 15.9 Å². The van der Waals surface area contributed by atoms with E-state index in [9.17, 15) is 8.78 Å². The highest BCUT2D eigenvalue weighted by molar-refractivity contribution is 9.10. The summed E-state index contributed by atoms with van der Waals surface area (Å²) in [6, 6.07) is 9.25. The van der Waals surface area contributed by atoms with E-state index in [1.165, 1.54) is 12.1 Å². The standard InChI is InChI=1S/C16H16BrF2N/c1-3-20-16(11-7-12(18)9-13(19)8-11)14-6-4-5-10(2)15(14)17/h4-9,16,20H,3H2,1-2H3. The third-order valence-corrected chi connectivity index (χ3v) is 4.24. The minimum atomic E-state index is -0.563. The van der Waals surface area contributed by atoms with Crippen LogP contribution in [0.25, 0.3) is 0 Å². The summed E-state index contributed by atoms with van der Waals surface area (Å²) in [5.74, 6) is -1.13. The number of benzene rings is 2. The summed E-state index contributed by atoms with van der Waals surface area (Å²) >= 11 is 3.56. The minimum absolute atomic E-state index is 0.250. The second-order valence-corrected chi connectivity index (χ2v) is 5.46. The molecule has 0 heterocycles. The van der Waals surface area contributed by atoms with Gasteiger partial charge in [-0.3, -0.25) is 0 Å². The molecule has 4 heteroatoms. The second-order valence-electron chi connectivity index (χ2n) is 4.67. The van der Waals surface area contributed by atoms with Crippen LogP contribution in [-0.2, 0) is 0 Å². The molecule has 2 aromatic rings. The Morgan fingerprint density at radius 2 is 1.80 bits per heavy atom. The van der Waals surface area contributed by atoms with E-state index >= 15 is 0 Å². The van der Waals surface area contributed by atoms with E-state index in [2.05, 4.69) is 21.2 Å². The van der Waals surface area contributed by atoms with E-state index in [1.54, 1.807) is 0 Å². The second kappa shape index (κ2) is 6.46. The van der Waals surface area contributed by atoms with Crippen molar-refractivity contribution in [2.24, 2.45) is 0 Å². The van der Waals surface area contributed by atoms with Crippen LogP contribution in [0, 0.1) is 18.6 Å². The minimum Gasteiger partial charge on any atom is -0.306 e. The normalized spacial score (nSPS) is 12.4. The molecule has 0 spiro atoms. The van der Waals surface area contributed by atoms with Gasteiger partial charge in [0.2, 0.25) is 0 Å². The van der Waals surface area contributed by atoms with Gasteiger partial charge in [-0.25, -0.2) is 8.78 Å². The summed E-state index contributed by atoms with van der Waals surface area (Å²) in [4.78, 5) is 0. The molecule has 0 saturated carbocycles. The smallest absolute Gasteiger partial charge is 0.126 e. The molecule has 0 aliphatic rings. The zero-order valence-corrected chi connectivity index (χ0v) is 13.0. The lowest BCUT2D eigenvalue weighted by atomic mass is 9.97. The van der Waals surface area contributed by atoms with E-state index in [4.69, 9.17) is 0 Å². The number of rotatable bonds is 4. The Bertz CT molecular complexity index is 593. The molecule has 1 N–H and O–H groups in total. The van der Waals surface area contributed by atoms with Crippen LogP contribution in [0.1, 0.15) is 29.7 Å². The topological polar surface area (TPSA) is 12.0 Å². The van der Waals surface area contributed by atoms with E-state index in [0.717, 1.165) is 21.7 Å². The van der Waals surface area contributed by atoms with Crippen molar-refractivity contribution in [1.29, 1.82) is 0 Å². The summed E-state index contributed by atoms with van der Waals surface area (Å²) in [6.45, 7) is 4.65. The van der Waals surface area contributed by atoms with Gasteiger partial charge in [0, 0.05) is 10.5 Å². The molecule has 0 saturated heterocycles. The van der Waals surface area contributed by atoms with Gasteiger partial charge >= 0.3 is 0 Å². The molecular weight excluding hydrogens is 324 g/mol. The predicted molar refractivity (Wildman–Crippen MR) is 80.8 cm³/mol. The van der Waals surface area contributed by atoms with E-state index in [-0.39, 0.29) is 6.04 Å². The Hall–Kier alpha value is -1.26. The van der Waals surface area contributed by atoms with Crippen molar-refractivity contribution >= 4 is 15.9 Å². The third kappa shape index (κ3) is 3.25. The van der Waals surface area contributed by atoms with Crippen LogP contribution in [-0.4, -0.2) is 6.54 Å². The molecular formula is C16H16BrF2N. The Balaban J connectivity index is 2.53. The van der Waals surface area contributed by atoms with E-state index < -0.39 is 11.6 Å². The fourth-order valence-corrected chi connectivity index (χ4v) is 2.74. The highest BCUT2D eigenvalue weighted by Gasteiger charge is 2.18. The third-order valence-electron chi connectivity index (χ3n) is 3.16. The highest BCUT2D eigenvalue weighted by Crippen LogP contribution is 2.31. The highest BCUT2D eigenvalue weighted by atomic mass is 79.9. The molecule has 1 unspecified atom stereocenters. The van der Waals surface area contributed by atoms with Gasteiger partial charge in [-0.2, -0.15) is 0 Å². The summed E-state index contributed by atoms with van der Waals surface area (Å²) in [5, 5.41) is 3.27. The average molecular weight is 340 g/mol. The fraction of sp³-hybridized carbons (Fsp3) is 0.250. The van der Waals surface area contributed by atoms with Gasteiger partial charge in [0.15, 0.2) is 0 Å². The van der Waals surface area contributed by atoms with Gasteiger partial charge in [0.05, 0.1) is 6.04 Å². The van der Waals surface area contributed by atoms with Crippen molar-refractivity contribution in [3.63, 3.8) is 0 Å². The zero-order chi connectivity index (χ0) is 14.7. The van der Waals surface area contributed by atoms with Crippen LogP contribution in [0.5, 0.6) is 0 Å². The monoisotopic (exact) mass is 339 g/mol. The molecule has 0 fully saturated rings. The largest absolute Gasteiger partial charge is 0.306 e. The Labute approximate surface area is 126 Å². The van der Waals surface area contributed by atoms with Crippen LogP contribution in [0.3, 0.4) is 0 Å². The van der Waals surface area contributed by atoms with E-state index in [0.29, 0.717) is 12.1 Å². The van der Waals surface area contributed by atoms with Crippen molar-refractivity contribution in [2.75, 3.05) is 6.54 Å². The van der Waals surface area contributed by atoms with Crippen molar-refractivity contribution in [2.45, 2.75) is 19.9 Å². The van der Waals surface area contributed by atoms with E-state index in [1.807, 2.05) is 32.0 Å². The van der Waals surface area contributed by atoms with Crippen molar-refractivity contribution in [3.8, 4) is 0 Å². The van der Waals surface area contributed by atoms with Gasteiger partial charge in [-0.05, 0) is 42.3 Å². The maximum Gasteiger partial charge on any atom is 0.126 e. The Kier molecular flexibility index (Phi) is 4.89. The summed E-state index contributed by atoms with van der Waals surface area (Å²) in [5.41, 5.74) is 2.63. The average Bonchev–Trinajstić information content (AvgIpc) is 2.38. The summed E-state index contributed by atoms with van der Waals surface area (Å²) < 4.78 is 27.8. The van der Waals surface area contributed by atoms with Gasteiger partial charge < -0.3 is 5.32 Å². The molecule has 0 amide bonds. The van der Waals surface area contributed by atoms with Gasteiger partial charge in [0.1, 0.15) is 11.6 Å². The lowest BCUT2D eigenvalue weighted by Crippen LogP contribution is -2.22. The molecule has 2 aromatic carbocycles. The molecule has 1 nitrogen and oxygen atoms in total. The molecule has 106 valence electrons. The van der Waals surface area contributed by atoms with Crippen molar-refractivity contribution in [3.05, 3.63) is 69.2 Å². The van der Waals surface area contributed by atoms with Crippen LogP contribution < -0.4 is 5.32 Å². The fourth-order valence-electron chi connectivity index (χ4n) is 2.25. The first-order valence-corrected chi connectivity index (χ1v) is 7.26. The van der Waals surface area contributed by atoms with Crippen molar-refractivity contribution in [1.82, 2.24) is 5.32 Å². The lowest BCUT2D eigenvalue weighted by molar-refractivity contribution is 0.565. The van der Waals surface area contributed by atoms with Crippen LogP contribution in [0.4, 0.5) is 8.78 Å². The Morgan fingerprint density at radius 3 is 2.40 bits per heavy atom. The molecule has 2 rings (SSSR count). The van der Waals surface area contributed by atoms with Gasteiger partial charge in [-0.15, -0.1) is 0 Å². The van der Waals surface area contributed by atoms with Crippen LogP contribution in [0.2, 0.25) is 0 Å². The maximum absolute atomic E-state index is 13.4. The number of halogens is 3. The number of hydrogen-bond donors (Lipinski definition) is 1. The quantitative estimate of drug-likeness (QED) is 0.848. The van der Waals surface area contributed by atoms with Crippen LogP contribution in [0.15, 0.2) is 40.9 Å². The summed E-state index contributed by atoms with van der Waals surface area (Å²) in [7, 11) is 0. The molecule has 0 bridgehead atoms. The summed E-state index contributed by atoms with van der Waals surface area (Å²) in [6.07, 6.45) is 0. The number of aryl methyl sites for hydroxylation is 1. The Morgan fingerprint density at radius 1 is 1.15 bits per heavy atom. The zero-order valence-electron chi connectivity index (χ0n) is 11.4. The maximum atomic E-state index is 13.4. The first-order chi connectivity index (χ1) is 9.52. The molecule has 0 aliphatic heterocycles. The van der Waals surface area contributed by atoms with Crippen molar-refractivity contribution < 1.29 is 8.78 Å². The molecule has 0 radical (unpaired) electrons. The van der Waals surface area contributed by atoms with Gasteiger partial charge in [0.25, 0.3) is 0 Å². The number of nitrogens with one attached hydrogen (secondary N) is 1. The molecule has 1 atom stereocenters. The first-order valence-electron chi connectivity index (χ1n) is 6.47. The first kappa shape index (κ1) is 15.1. The van der Waals surface area contributed by atoms with Gasteiger partial charge in [-0.1, -0.05) is 41.1 Å².